The van der Waals surface area contributed by atoms with Crippen LogP contribution in [0.5, 0.6) is 0 Å². The Hall–Kier alpha value is -1.44. The van der Waals surface area contributed by atoms with Crippen LogP contribution in [0.3, 0.4) is 0 Å². The number of ketones is 1. The molecule has 0 aliphatic heterocycles. The van der Waals surface area contributed by atoms with E-state index in [-0.39, 0.29) is 5.78 Å². The highest BCUT2D eigenvalue weighted by Gasteiger charge is 2.17. The molecule has 0 aliphatic rings. The Morgan fingerprint density at radius 1 is 1.33 bits per heavy atom. The average molecular weight is 204 g/mol. The van der Waals surface area contributed by atoms with Crippen molar-refractivity contribution in [1.29, 1.82) is 0 Å². The summed E-state index contributed by atoms with van der Waals surface area (Å²) in [4.78, 5) is 22.6. The summed E-state index contributed by atoms with van der Waals surface area (Å²) in [6, 6.07) is 7.34. The van der Waals surface area contributed by atoms with Crippen molar-refractivity contribution >= 4 is 12.1 Å². The minimum Gasteiger partial charge on any atom is -0.303 e. The molecule has 0 aromatic heterocycles. The highest BCUT2D eigenvalue weighted by molar-refractivity contribution is 6.05. The van der Waals surface area contributed by atoms with Gasteiger partial charge in [-0.3, -0.25) is 4.79 Å². The zero-order valence-corrected chi connectivity index (χ0v) is 9.19. The second-order valence-electron chi connectivity index (χ2n) is 3.76. The van der Waals surface area contributed by atoms with E-state index in [2.05, 4.69) is 0 Å². The van der Waals surface area contributed by atoms with E-state index in [9.17, 15) is 9.59 Å². The fraction of sp³-hybridized carbons (Fsp3) is 0.385. The van der Waals surface area contributed by atoms with Crippen LogP contribution in [0, 0.1) is 12.8 Å². The third kappa shape index (κ3) is 3.01. The van der Waals surface area contributed by atoms with Gasteiger partial charge in [0.05, 0.1) is 5.92 Å². The van der Waals surface area contributed by atoms with Crippen molar-refractivity contribution in [2.24, 2.45) is 5.92 Å². The van der Waals surface area contributed by atoms with Crippen molar-refractivity contribution in [3.8, 4) is 0 Å². The first-order valence-electron chi connectivity index (χ1n) is 5.25. The molecule has 0 radical (unpaired) electrons. The van der Waals surface area contributed by atoms with Gasteiger partial charge < -0.3 is 4.79 Å². The average Bonchev–Trinajstić information content (AvgIpc) is 2.26. The topological polar surface area (TPSA) is 34.1 Å². The van der Waals surface area contributed by atoms with E-state index in [0.717, 1.165) is 18.3 Å². The summed E-state index contributed by atoms with van der Waals surface area (Å²) in [6.45, 7) is 3.94. The quantitative estimate of drug-likeness (QED) is 0.420. The summed E-state index contributed by atoms with van der Waals surface area (Å²) in [5, 5.41) is 0. The van der Waals surface area contributed by atoms with Gasteiger partial charge in [0.1, 0.15) is 6.29 Å². The summed E-state index contributed by atoms with van der Waals surface area (Å²) in [7, 11) is 0. The Morgan fingerprint density at radius 2 is 1.93 bits per heavy atom. The molecular weight excluding hydrogens is 188 g/mol. The molecule has 1 aromatic carbocycles. The molecule has 1 unspecified atom stereocenters. The lowest BCUT2D eigenvalue weighted by molar-refractivity contribution is -0.110. The molecule has 0 amide bonds. The van der Waals surface area contributed by atoms with E-state index < -0.39 is 5.92 Å². The Balaban J connectivity index is 2.82. The van der Waals surface area contributed by atoms with E-state index in [1.807, 2.05) is 26.0 Å². The van der Waals surface area contributed by atoms with Crippen molar-refractivity contribution in [2.75, 3.05) is 0 Å². The largest absolute Gasteiger partial charge is 0.303 e. The zero-order chi connectivity index (χ0) is 11.3. The van der Waals surface area contributed by atoms with E-state index in [1.165, 1.54) is 0 Å². The maximum Gasteiger partial charge on any atom is 0.173 e. The summed E-state index contributed by atoms with van der Waals surface area (Å²) in [6.07, 6.45) is 2.24. The summed E-state index contributed by atoms with van der Waals surface area (Å²) in [5.41, 5.74) is 1.75. The molecule has 0 spiro atoms. The maximum absolute atomic E-state index is 11.8. The molecule has 0 heterocycles. The van der Waals surface area contributed by atoms with Gasteiger partial charge in [0.2, 0.25) is 0 Å². The second-order valence-corrected chi connectivity index (χ2v) is 3.76. The predicted molar refractivity (Wildman–Crippen MR) is 60.0 cm³/mol. The van der Waals surface area contributed by atoms with Crippen molar-refractivity contribution < 1.29 is 9.59 Å². The fourth-order valence-corrected chi connectivity index (χ4v) is 1.50. The number of benzene rings is 1. The smallest absolute Gasteiger partial charge is 0.173 e. The van der Waals surface area contributed by atoms with Gasteiger partial charge >= 0.3 is 0 Å². The molecule has 2 heteroatoms. The first kappa shape index (κ1) is 11.6. The molecule has 0 bridgehead atoms. The molecule has 1 rings (SSSR count). The Morgan fingerprint density at radius 3 is 2.40 bits per heavy atom. The minimum absolute atomic E-state index is 0.0631. The molecule has 0 fully saturated rings. The molecule has 0 saturated carbocycles. The maximum atomic E-state index is 11.8. The van der Waals surface area contributed by atoms with Gasteiger partial charge in [0.15, 0.2) is 5.78 Å². The van der Waals surface area contributed by atoms with E-state index in [4.69, 9.17) is 0 Å². The number of aryl methyl sites for hydroxylation is 1. The van der Waals surface area contributed by atoms with Gasteiger partial charge in [0.25, 0.3) is 0 Å². The van der Waals surface area contributed by atoms with Crippen LogP contribution in [0.25, 0.3) is 0 Å². The number of carbonyl (C=O) groups excluding carboxylic acids is 2. The van der Waals surface area contributed by atoms with Gasteiger partial charge in [-0.15, -0.1) is 0 Å². The number of hydrogen-bond acceptors (Lipinski definition) is 2. The van der Waals surface area contributed by atoms with Crippen LogP contribution in [0.2, 0.25) is 0 Å². The van der Waals surface area contributed by atoms with Gasteiger partial charge in [-0.2, -0.15) is 0 Å². The number of hydrogen-bond donors (Lipinski definition) is 0. The Kier molecular flexibility index (Phi) is 4.22. The van der Waals surface area contributed by atoms with Crippen LogP contribution in [0.15, 0.2) is 24.3 Å². The number of carbonyl (C=O) groups is 2. The molecular formula is C13H16O2. The van der Waals surface area contributed by atoms with Gasteiger partial charge in [-0.1, -0.05) is 43.2 Å². The molecule has 80 valence electrons. The lowest BCUT2D eigenvalue weighted by Crippen LogP contribution is -2.15. The SMILES string of the molecule is CCCC(C=O)C(=O)c1ccc(C)cc1. The summed E-state index contributed by atoms with van der Waals surface area (Å²) < 4.78 is 0. The molecule has 15 heavy (non-hydrogen) atoms. The lowest BCUT2D eigenvalue weighted by Gasteiger charge is -2.07. The standard InChI is InChI=1S/C13H16O2/c1-3-4-12(9-14)13(15)11-7-5-10(2)6-8-11/h5-9,12H,3-4H2,1-2H3. The van der Waals surface area contributed by atoms with Crippen molar-refractivity contribution in [1.82, 2.24) is 0 Å². The van der Waals surface area contributed by atoms with Gasteiger partial charge in [-0.25, -0.2) is 0 Å². The Bertz CT molecular complexity index is 338. The molecule has 0 N–H and O–H groups in total. The minimum atomic E-state index is -0.474. The first-order chi connectivity index (χ1) is 7.19. The lowest BCUT2D eigenvalue weighted by atomic mass is 9.94. The van der Waals surface area contributed by atoms with Crippen LogP contribution in [-0.2, 0) is 4.79 Å². The molecule has 0 aliphatic carbocycles. The third-order valence-electron chi connectivity index (χ3n) is 2.44. The molecule has 2 nitrogen and oxygen atoms in total. The van der Waals surface area contributed by atoms with Crippen LogP contribution in [0.4, 0.5) is 0 Å². The van der Waals surface area contributed by atoms with E-state index in [0.29, 0.717) is 12.0 Å². The fourth-order valence-electron chi connectivity index (χ4n) is 1.50. The van der Waals surface area contributed by atoms with Crippen LogP contribution in [0.1, 0.15) is 35.7 Å². The first-order valence-corrected chi connectivity index (χ1v) is 5.25. The number of Topliss-reactive ketones (excluding diaryl/α,β-unsaturated/α-hetero) is 1. The monoisotopic (exact) mass is 204 g/mol. The summed E-state index contributed by atoms with van der Waals surface area (Å²) >= 11 is 0. The van der Waals surface area contributed by atoms with E-state index >= 15 is 0 Å². The van der Waals surface area contributed by atoms with Gasteiger partial charge in [0, 0.05) is 5.56 Å². The van der Waals surface area contributed by atoms with Crippen LogP contribution >= 0.6 is 0 Å². The number of aldehydes is 1. The highest BCUT2D eigenvalue weighted by Crippen LogP contribution is 2.13. The van der Waals surface area contributed by atoms with E-state index in [1.54, 1.807) is 12.1 Å². The second kappa shape index (κ2) is 5.44. The van der Waals surface area contributed by atoms with Crippen LogP contribution in [-0.4, -0.2) is 12.1 Å². The summed E-state index contributed by atoms with van der Waals surface area (Å²) in [5.74, 6) is -0.537. The third-order valence-corrected chi connectivity index (χ3v) is 2.44. The van der Waals surface area contributed by atoms with Crippen LogP contribution < -0.4 is 0 Å². The molecule has 0 saturated heterocycles. The zero-order valence-electron chi connectivity index (χ0n) is 9.19. The highest BCUT2D eigenvalue weighted by atomic mass is 16.1. The Labute approximate surface area is 90.3 Å². The van der Waals surface area contributed by atoms with Crippen molar-refractivity contribution in [2.45, 2.75) is 26.7 Å². The predicted octanol–water partition coefficient (Wildman–Crippen LogP) is 2.79. The van der Waals surface area contributed by atoms with Crippen molar-refractivity contribution in [3.05, 3.63) is 35.4 Å². The van der Waals surface area contributed by atoms with Gasteiger partial charge in [-0.05, 0) is 13.3 Å². The molecule has 1 aromatic rings. The number of rotatable bonds is 5. The molecule has 1 atom stereocenters. The normalized spacial score (nSPS) is 12.1. The van der Waals surface area contributed by atoms with Crippen molar-refractivity contribution in [3.63, 3.8) is 0 Å².